The van der Waals surface area contributed by atoms with Gasteiger partial charge in [-0.2, -0.15) is 0 Å². The fourth-order valence-corrected chi connectivity index (χ4v) is 4.07. The number of carboxylic acids is 5. The van der Waals surface area contributed by atoms with Crippen molar-refractivity contribution in [2.24, 2.45) is 0 Å². The first-order valence-corrected chi connectivity index (χ1v) is 12.2. The average molecular weight is 540 g/mol. The van der Waals surface area contributed by atoms with Crippen molar-refractivity contribution in [1.82, 2.24) is 14.7 Å². The van der Waals surface area contributed by atoms with Crippen molar-refractivity contribution in [1.29, 1.82) is 0 Å². The second-order valence-electron chi connectivity index (χ2n) is 9.10. The van der Waals surface area contributed by atoms with E-state index in [-0.39, 0.29) is 26.1 Å². The van der Waals surface area contributed by atoms with Gasteiger partial charge in [0.1, 0.15) is 0 Å². The minimum atomic E-state index is -1.25. The summed E-state index contributed by atoms with van der Waals surface area (Å²) in [7, 11) is 0. The molecule has 1 rings (SSSR count). The normalized spacial score (nSPS) is 12.1. The molecule has 0 aliphatic rings. The Bertz CT molecular complexity index is 906. The molecule has 0 aliphatic carbocycles. The Morgan fingerprint density at radius 1 is 0.658 bits per heavy atom. The van der Waals surface area contributed by atoms with Crippen LogP contribution in [-0.2, 0) is 36.8 Å². The Morgan fingerprint density at radius 2 is 1.08 bits per heavy atom. The molecule has 0 aromatic heterocycles. The third-order valence-corrected chi connectivity index (χ3v) is 5.78. The van der Waals surface area contributed by atoms with E-state index in [0.717, 1.165) is 35.3 Å². The van der Waals surface area contributed by atoms with Crippen molar-refractivity contribution in [2.45, 2.75) is 38.6 Å². The van der Waals surface area contributed by atoms with Gasteiger partial charge in [-0.3, -0.25) is 38.7 Å². The molecule has 0 heterocycles. The van der Waals surface area contributed by atoms with Crippen LogP contribution in [-0.4, -0.2) is 128 Å². The van der Waals surface area contributed by atoms with Crippen LogP contribution in [0.2, 0.25) is 0 Å². The number of rotatable bonds is 21. The average Bonchev–Trinajstić information content (AvgIpc) is 2.79. The lowest BCUT2D eigenvalue weighted by Gasteiger charge is -2.34. The molecular formula is C25H37N3O10. The molecule has 1 aromatic carbocycles. The van der Waals surface area contributed by atoms with Crippen LogP contribution in [0, 0.1) is 0 Å². The maximum absolute atomic E-state index is 11.6. The number of carboxylic acid groups (broad SMARTS) is 5. The van der Waals surface area contributed by atoms with E-state index in [2.05, 4.69) is 6.92 Å². The molecule has 1 unspecified atom stereocenters. The summed E-state index contributed by atoms with van der Waals surface area (Å²) in [6.45, 7) is -0.865. The molecule has 5 N–H and O–H groups in total. The van der Waals surface area contributed by atoms with Crippen LogP contribution in [0.15, 0.2) is 24.3 Å². The summed E-state index contributed by atoms with van der Waals surface area (Å²) in [5.74, 6) is -6.18. The van der Waals surface area contributed by atoms with Crippen LogP contribution < -0.4 is 0 Å². The van der Waals surface area contributed by atoms with Gasteiger partial charge in [0.25, 0.3) is 0 Å². The number of hydrogen-bond acceptors (Lipinski definition) is 8. The number of benzene rings is 1. The van der Waals surface area contributed by atoms with Crippen LogP contribution in [0.3, 0.4) is 0 Å². The summed E-state index contributed by atoms with van der Waals surface area (Å²) < 4.78 is 0. The maximum Gasteiger partial charge on any atom is 0.317 e. The molecule has 212 valence electrons. The van der Waals surface area contributed by atoms with Crippen molar-refractivity contribution in [3.8, 4) is 0 Å². The lowest BCUT2D eigenvalue weighted by molar-refractivity contribution is -0.144. The van der Waals surface area contributed by atoms with Gasteiger partial charge >= 0.3 is 29.8 Å². The van der Waals surface area contributed by atoms with Gasteiger partial charge in [-0.25, -0.2) is 0 Å². The van der Waals surface area contributed by atoms with Crippen molar-refractivity contribution < 1.29 is 49.5 Å². The molecule has 0 spiro atoms. The van der Waals surface area contributed by atoms with Crippen LogP contribution in [0.4, 0.5) is 0 Å². The zero-order valence-electron chi connectivity index (χ0n) is 21.5. The molecule has 0 radical (unpaired) electrons. The predicted molar refractivity (Wildman–Crippen MR) is 135 cm³/mol. The van der Waals surface area contributed by atoms with Crippen LogP contribution >= 0.6 is 0 Å². The van der Waals surface area contributed by atoms with Crippen molar-refractivity contribution >= 4 is 29.8 Å². The standard InChI is InChI=1S/C25H37N3O10/c1-2-3-4-18-5-7-19(8-6-18)11-20(28(16-24(35)36)17-25(37)38)12-26(13-21(29)30)9-10-27(14-22(31)32)15-23(33)34/h5-8,20H,2-4,9-17H2,1H3,(H,29,30)(H,31,32)(H,33,34)(H,35,36)(H,37,38). The number of unbranched alkanes of at least 4 members (excludes halogenated alkanes) is 1. The molecule has 38 heavy (non-hydrogen) atoms. The topological polar surface area (TPSA) is 196 Å². The molecule has 1 atom stereocenters. The lowest BCUT2D eigenvalue weighted by atomic mass is 10.0. The second kappa shape index (κ2) is 17.1. The first kappa shape index (κ1) is 32.5. The van der Waals surface area contributed by atoms with Gasteiger partial charge < -0.3 is 25.5 Å². The van der Waals surface area contributed by atoms with E-state index >= 15 is 0 Å². The fourth-order valence-electron chi connectivity index (χ4n) is 4.07. The quantitative estimate of drug-likeness (QED) is 0.143. The Balaban J connectivity index is 3.20. The molecule has 0 saturated carbocycles. The van der Waals surface area contributed by atoms with E-state index in [9.17, 15) is 39.3 Å². The summed E-state index contributed by atoms with van der Waals surface area (Å²) in [4.78, 5) is 60.6. The summed E-state index contributed by atoms with van der Waals surface area (Å²) >= 11 is 0. The Labute approximate surface area is 220 Å². The fraction of sp³-hybridized carbons (Fsp3) is 0.560. The molecule has 1 aromatic rings. The number of hydrogen-bond donors (Lipinski definition) is 5. The summed E-state index contributed by atoms with van der Waals surface area (Å²) in [5, 5.41) is 46.3. The monoisotopic (exact) mass is 539 g/mol. The number of aliphatic carboxylic acids is 5. The van der Waals surface area contributed by atoms with Crippen LogP contribution in [0.5, 0.6) is 0 Å². The van der Waals surface area contributed by atoms with Crippen LogP contribution in [0.25, 0.3) is 0 Å². The van der Waals surface area contributed by atoms with E-state index < -0.39 is 68.6 Å². The van der Waals surface area contributed by atoms with E-state index in [0.29, 0.717) is 0 Å². The molecule has 13 heteroatoms. The Hall–Kier alpha value is -3.55. The van der Waals surface area contributed by atoms with Gasteiger partial charge in [-0.1, -0.05) is 37.6 Å². The minimum Gasteiger partial charge on any atom is -0.480 e. The Kier molecular flexibility index (Phi) is 14.6. The van der Waals surface area contributed by atoms with E-state index in [4.69, 9.17) is 10.2 Å². The maximum atomic E-state index is 11.6. The number of nitrogens with zero attached hydrogens (tertiary/aromatic N) is 3. The third kappa shape index (κ3) is 14.3. The van der Waals surface area contributed by atoms with E-state index in [1.54, 1.807) is 0 Å². The molecule has 0 fully saturated rings. The largest absolute Gasteiger partial charge is 0.480 e. The molecule has 0 bridgehead atoms. The predicted octanol–water partition coefficient (Wildman–Crippen LogP) is 0.269. The van der Waals surface area contributed by atoms with Crippen molar-refractivity contribution in [3.05, 3.63) is 35.4 Å². The van der Waals surface area contributed by atoms with Gasteiger partial charge in [-0.05, 0) is 30.4 Å². The summed E-state index contributed by atoms with van der Waals surface area (Å²) in [6.07, 6.45) is 3.20. The number of carbonyl (C=O) groups is 5. The van der Waals surface area contributed by atoms with E-state index in [1.165, 1.54) is 9.80 Å². The van der Waals surface area contributed by atoms with Gasteiger partial charge in [0, 0.05) is 25.7 Å². The van der Waals surface area contributed by atoms with Crippen LogP contribution in [0.1, 0.15) is 30.9 Å². The van der Waals surface area contributed by atoms with Gasteiger partial charge in [0.05, 0.1) is 32.7 Å². The highest BCUT2D eigenvalue weighted by atomic mass is 16.4. The lowest BCUT2D eigenvalue weighted by Crippen LogP contribution is -2.51. The highest BCUT2D eigenvalue weighted by Gasteiger charge is 2.27. The Morgan fingerprint density at radius 3 is 1.53 bits per heavy atom. The molecular weight excluding hydrogens is 502 g/mol. The van der Waals surface area contributed by atoms with Gasteiger partial charge in [0.15, 0.2) is 0 Å². The third-order valence-electron chi connectivity index (χ3n) is 5.78. The first-order valence-electron chi connectivity index (χ1n) is 12.2. The highest BCUT2D eigenvalue weighted by Crippen LogP contribution is 2.14. The first-order chi connectivity index (χ1) is 17.9. The molecule has 13 nitrogen and oxygen atoms in total. The smallest absolute Gasteiger partial charge is 0.317 e. The number of aryl methyl sites for hydroxylation is 1. The zero-order chi connectivity index (χ0) is 28.7. The van der Waals surface area contributed by atoms with Crippen molar-refractivity contribution in [2.75, 3.05) is 52.4 Å². The molecule has 0 amide bonds. The SMILES string of the molecule is CCCCc1ccc(CC(CN(CCN(CC(=O)O)CC(=O)O)CC(=O)O)N(CC(=O)O)CC(=O)O)cc1. The summed E-state index contributed by atoms with van der Waals surface area (Å²) in [5.41, 5.74) is 1.94. The summed E-state index contributed by atoms with van der Waals surface area (Å²) in [6, 6.07) is 6.94. The second-order valence-corrected chi connectivity index (χ2v) is 9.10. The zero-order valence-corrected chi connectivity index (χ0v) is 21.5. The molecule has 0 saturated heterocycles. The van der Waals surface area contributed by atoms with E-state index in [1.807, 2.05) is 24.3 Å². The van der Waals surface area contributed by atoms with Crippen molar-refractivity contribution in [3.63, 3.8) is 0 Å². The highest BCUT2D eigenvalue weighted by molar-refractivity contribution is 5.73. The van der Waals surface area contributed by atoms with Gasteiger partial charge in [-0.15, -0.1) is 0 Å². The molecule has 0 aliphatic heterocycles. The van der Waals surface area contributed by atoms with Gasteiger partial charge in [0.2, 0.25) is 0 Å². The minimum absolute atomic E-state index is 0.0344.